The largest absolute Gasteiger partial charge is 0.344 e. The standard InChI is InChI=1S/C51H39N5/c1-4-14-34(15-5-1)35-24-26-37(27-25-35)50-52-49(36-16-6-2-7-17-36)53-51(54-50)38-28-30-40(31-29-38)56-44-23-13-11-21-42(44)48-46(56)33-32-45-47(48)41-20-10-12-22-43(41)55(45)39-18-8-3-9-19-39/h1-6,8-11,13-16,18-21,23-33,49H,7,12,17,22H2,(H,52,53,54). The lowest BCUT2D eigenvalue weighted by molar-refractivity contribution is 0.677. The second-order valence-electron chi connectivity index (χ2n) is 14.8. The molecule has 0 amide bonds. The molecular weight excluding hydrogens is 683 g/mol. The molecule has 6 aromatic carbocycles. The molecule has 56 heavy (non-hydrogen) atoms. The van der Waals surface area contributed by atoms with Crippen LogP contribution in [0.25, 0.3) is 61.3 Å². The number of amidine groups is 2. The van der Waals surface area contributed by atoms with Crippen LogP contribution in [-0.4, -0.2) is 27.0 Å². The molecule has 0 spiro atoms. The molecule has 2 aliphatic carbocycles. The SMILES string of the molecule is C1=CCCC(C2N=C(c3ccc(-n4c5ccccc5c5c6c7c(n(-c8ccccc8)c6ccc54)CCC=C7)cc3)N=C(c3ccc(-c4ccccc4)cc3)N2)=C1. The van der Waals surface area contributed by atoms with E-state index in [1.54, 1.807) is 0 Å². The first-order chi connectivity index (χ1) is 27.8. The molecule has 0 saturated carbocycles. The van der Waals surface area contributed by atoms with E-state index in [9.17, 15) is 0 Å². The number of aromatic nitrogens is 2. The maximum Gasteiger partial charge on any atom is 0.159 e. The van der Waals surface area contributed by atoms with Crippen LogP contribution < -0.4 is 5.32 Å². The summed E-state index contributed by atoms with van der Waals surface area (Å²) in [6.07, 6.45) is 15.1. The van der Waals surface area contributed by atoms with Crippen molar-refractivity contribution < 1.29 is 0 Å². The van der Waals surface area contributed by atoms with Crippen molar-refractivity contribution >= 4 is 50.5 Å². The third kappa shape index (κ3) is 5.38. The van der Waals surface area contributed by atoms with Crippen LogP contribution >= 0.6 is 0 Å². The second-order valence-corrected chi connectivity index (χ2v) is 14.8. The zero-order valence-electron chi connectivity index (χ0n) is 30.9. The maximum absolute atomic E-state index is 5.21. The predicted octanol–water partition coefficient (Wildman–Crippen LogP) is 11.8. The Morgan fingerprint density at radius 3 is 1.98 bits per heavy atom. The van der Waals surface area contributed by atoms with Crippen molar-refractivity contribution in [3.8, 4) is 22.5 Å². The van der Waals surface area contributed by atoms with Crippen LogP contribution in [0.2, 0.25) is 0 Å². The molecule has 1 aliphatic heterocycles. The Hall–Kier alpha value is -6.98. The van der Waals surface area contributed by atoms with Gasteiger partial charge in [0.2, 0.25) is 0 Å². The molecule has 1 unspecified atom stereocenters. The molecule has 8 aromatic rings. The number of allylic oxidation sites excluding steroid dienone is 4. The Morgan fingerprint density at radius 2 is 1.20 bits per heavy atom. The number of nitrogens with one attached hydrogen (secondary N) is 1. The lowest BCUT2D eigenvalue weighted by atomic mass is 9.99. The number of hydrogen-bond acceptors (Lipinski definition) is 3. The van der Waals surface area contributed by atoms with Crippen molar-refractivity contribution in [2.24, 2.45) is 9.98 Å². The van der Waals surface area contributed by atoms with Gasteiger partial charge in [-0.05, 0) is 97.0 Å². The number of hydrogen-bond donors (Lipinski definition) is 1. The van der Waals surface area contributed by atoms with Gasteiger partial charge >= 0.3 is 0 Å². The van der Waals surface area contributed by atoms with E-state index in [0.29, 0.717) is 0 Å². The molecular formula is C51H39N5. The minimum atomic E-state index is -0.182. The van der Waals surface area contributed by atoms with Crippen molar-refractivity contribution in [3.05, 3.63) is 198 Å². The minimum Gasteiger partial charge on any atom is -0.344 e. The van der Waals surface area contributed by atoms with Crippen molar-refractivity contribution in [2.45, 2.75) is 31.8 Å². The summed E-state index contributed by atoms with van der Waals surface area (Å²) >= 11 is 0. The summed E-state index contributed by atoms with van der Waals surface area (Å²) in [4.78, 5) is 10.4. The third-order valence-corrected chi connectivity index (χ3v) is 11.5. The van der Waals surface area contributed by atoms with Crippen molar-refractivity contribution in [3.63, 3.8) is 0 Å². The van der Waals surface area contributed by atoms with E-state index in [-0.39, 0.29) is 6.17 Å². The summed E-state index contributed by atoms with van der Waals surface area (Å²) in [7, 11) is 0. The summed E-state index contributed by atoms with van der Waals surface area (Å²) in [6, 6.07) is 52.3. The molecule has 1 atom stereocenters. The van der Waals surface area contributed by atoms with Gasteiger partial charge in [0.05, 0.1) is 16.6 Å². The molecule has 5 nitrogen and oxygen atoms in total. The van der Waals surface area contributed by atoms with Gasteiger partial charge in [0.1, 0.15) is 12.0 Å². The summed E-state index contributed by atoms with van der Waals surface area (Å²) in [6.45, 7) is 0. The zero-order valence-corrected chi connectivity index (χ0v) is 30.9. The quantitative estimate of drug-likeness (QED) is 0.183. The van der Waals surface area contributed by atoms with Crippen LogP contribution in [0.4, 0.5) is 0 Å². The van der Waals surface area contributed by atoms with Crippen LogP contribution in [0.15, 0.2) is 185 Å². The number of aliphatic imine (C=N–C) groups is 2. The topological polar surface area (TPSA) is 46.6 Å². The average Bonchev–Trinajstić information content (AvgIpc) is 3.80. The first kappa shape index (κ1) is 32.5. The van der Waals surface area contributed by atoms with Gasteiger partial charge < -0.3 is 14.5 Å². The molecule has 0 radical (unpaired) electrons. The Balaban J connectivity index is 1.02. The molecule has 5 heteroatoms. The highest BCUT2D eigenvalue weighted by Crippen LogP contribution is 2.43. The molecule has 268 valence electrons. The number of para-hydroxylation sites is 2. The lowest BCUT2D eigenvalue weighted by Crippen LogP contribution is -2.40. The van der Waals surface area contributed by atoms with E-state index in [4.69, 9.17) is 9.98 Å². The average molecular weight is 722 g/mol. The highest BCUT2D eigenvalue weighted by atomic mass is 15.2. The van der Waals surface area contributed by atoms with Crippen LogP contribution in [0.1, 0.15) is 41.6 Å². The molecule has 0 fully saturated rings. The number of nitrogens with zero attached hydrogens (tertiary/aromatic N) is 4. The van der Waals surface area contributed by atoms with Crippen molar-refractivity contribution in [1.82, 2.24) is 14.5 Å². The molecule has 0 bridgehead atoms. The van der Waals surface area contributed by atoms with E-state index in [2.05, 4.69) is 190 Å². The fourth-order valence-electron chi connectivity index (χ4n) is 8.89. The van der Waals surface area contributed by atoms with E-state index in [1.165, 1.54) is 66.4 Å². The summed E-state index contributed by atoms with van der Waals surface area (Å²) in [5.41, 5.74) is 14.4. The maximum atomic E-state index is 5.21. The fraction of sp³-hybridized carbons (Fsp3) is 0.0980. The zero-order chi connectivity index (χ0) is 37.0. The van der Waals surface area contributed by atoms with Gasteiger partial charge in [-0.25, -0.2) is 9.98 Å². The Bertz CT molecular complexity index is 2950. The highest BCUT2D eigenvalue weighted by Gasteiger charge is 2.25. The summed E-state index contributed by atoms with van der Waals surface area (Å²) < 4.78 is 4.90. The highest BCUT2D eigenvalue weighted by molar-refractivity contribution is 6.23. The van der Waals surface area contributed by atoms with Gasteiger partial charge in [0.25, 0.3) is 0 Å². The lowest BCUT2D eigenvalue weighted by Gasteiger charge is -2.26. The summed E-state index contributed by atoms with van der Waals surface area (Å²) in [5, 5.41) is 7.55. The van der Waals surface area contributed by atoms with Crippen molar-refractivity contribution in [2.75, 3.05) is 0 Å². The van der Waals surface area contributed by atoms with Gasteiger partial charge in [-0.3, -0.25) is 0 Å². The second kappa shape index (κ2) is 13.4. The Morgan fingerprint density at radius 1 is 0.536 bits per heavy atom. The summed E-state index contributed by atoms with van der Waals surface area (Å²) in [5.74, 6) is 1.58. The van der Waals surface area contributed by atoms with E-state index >= 15 is 0 Å². The Labute approximate surface area is 326 Å². The van der Waals surface area contributed by atoms with Crippen LogP contribution in [0.3, 0.4) is 0 Å². The monoisotopic (exact) mass is 721 g/mol. The first-order valence-corrected chi connectivity index (χ1v) is 19.7. The molecule has 11 rings (SSSR count). The predicted molar refractivity (Wildman–Crippen MR) is 233 cm³/mol. The van der Waals surface area contributed by atoms with Crippen LogP contribution in [0, 0.1) is 0 Å². The van der Waals surface area contributed by atoms with Gasteiger partial charge in [0.15, 0.2) is 5.84 Å². The van der Waals surface area contributed by atoms with Gasteiger partial charge in [-0.2, -0.15) is 0 Å². The molecule has 3 aliphatic rings. The van der Waals surface area contributed by atoms with E-state index in [1.807, 2.05) is 0 Å². The number of benzene rings is 6. The van der Waals surface area contributed by atoms with Crippen molar-refractivity contribution in [1.29, 1.82) is 0 Å². The molecule has 1 N–H and O–H groups in total. The van der Waals surface area contributed by atoms with Crippen LogP contribution in [0.5, 0.6) is 0 Å². The van der Waals surface area contributed by atoms with E-state index in [0.717, 1.165) is 54.2 Å². The molecule has 3 heterocycles. The van der Waals surface area contributed by atoms with E-state index < -0.39 is 0 Å². The smallest absolute Gasteiger partial charge is 0.159 e. The molecule has 2 aromatic heterocycles. The van der Waals surface area contributed by atoms with Gasteiger partial charge in [-0.15, -0.1) is 0 Å². The van der Waals surface area contributed by atoms with Gasteiger partial charge in [-0.1, -0.05) is 121 Å². The molecule has 0 saturated heterocycles. The minimum absolute atomic E-state index is 0.182. The third-order valence-electron chi connectivity index (χ3n) is 11.5. The van der Waals surface area contributed by atoms with Gasteiger partial charge in [0, 0.05) is 49.9 Å². The fourth-order valence-corrected chi connectivity index (χ4v) is 8.89. The van der Waals surface area contributed by atoms with Crippen LogP contribution in [-0.2, 0) is 6.42 Å². The number of fused-ring (bicyclic) bond motifs is 7. The Kier molecular flexibility index (Phi) is 7.76. The normalized spacial score (nSPS) is 16.4. The first-order valence-electron chi connectivity index (χ1n) is 19.7. The number of rotatable bonds is 6.